The molecule has 1 N–H and O–H groups in total. The van der Waals surface area contributed by atoms with Crippen LogP contribution in [0.3, 0.4) is 0 Å². The first-order chi connectivity index (χ1) is 15.0. The molecule has 2 aliphatic rings. The molecule has 162 valence electrons. The standard InChI is InChI=1S/C22H23ClN4O3S/c1-15(31-22-24-14-20(28)27(22)19-5-3-2-4-18(19)23)21(29)25-16-6-8-17(9-7-16)26-10-12-30-13-11-26/h2-9,15H,10-14H2,1H3,(H,25,29). The summed E-state index contributed by atoms with van der Waals surface area (Å²) < 4.78 is 5.38. The molecule has 1 atom stereocenters. The zero-order valence-electron chi connectivity index (χ0n) is 17.1. The van der Waals surface area contributed by atoms with Crippen molar-refractivity contribution in [2.75, 3.05) is 48.0 Å². The van der Waals surface area contributed by atoms with E-state index in [2.05, 4.69) is 15.2 Å². The Balaban J connectivity index is 1.38. The Kier molecular flexibility index (Phi) is 6.80. The molecule has 1 fully saturated rings. The molecule has 2 aromatic rings. The third-order valence-electron chi connectivity index (χ3n) is 5.05. The number of halogens is 1. The van der Waals surface area contributed by atoms with Crippen LogP contribution in [0.1, 0.15) is 6.92 Å². The molecular formula is C22H23ClN4O3S. The number of thioether (sulfide) groups is 1. The van der Waals surface area contributed by atoms with Crippen molar-refractivity contribution in [2.45, 2.75) is 12.2 Å². The van der Waals surface area contributed by atoms with Crippen LogP contribution in [-0.4, -0.2) is 55.1 Å². The predicted octanol–water partition coefficient (Wildman–Crippen LogP) is 3.64. The summed E-state index contributed by atoms with van der Waals surface area (Å²) in [5.41, 5.74) is 2.41. The van der Waals surface area contributed by atoms with Crippen molar-refractivity contribution in [3.05, 3.63) is 53.6 Å². The molecule has 9 heteroatoms. The quantitative estimate of drug-likeness (QED) is 0.740. The number of hydrogen-bond acceptors (Lipinski definition) is 6. The highest BCUT2D eigenvalue weighted by molar-refractivity contribution is 8.15. The number of carbonyl (C=O) groups is 2. The van der Waals surface area contributed by atoms with Gasteiger partial charge in [0, 0.05) is 24.5 Å². The van der Waals surface area contributed by atoms with Crippen molar-refractivity contribution >= 4 is 57.4 Å². The summed E-state index contributed by atoms with van der Waals surface area (Å²) in [5, 5.41) is 3.42. The number of anilines is 3. The second kappa shape index (κ2) is 9.72. The summed E-state index contributed by atoms with van der Waals surface area (Å²) in [7, 11) is 0. The molecule has 0 saturated carbocycles. The summed E-state index contributed by atoms with van der Waals surface area (Å²) in [6.45, 7) is 5.02. The molecule has 2 aliphatic heterocycles. The fraction of sp³-hybridized carbons (Fsp3) is 0.318. The number of rotatable bonds is 5. The molecule has 0 spiro atoms. The van der Waals surface area contributed by atoms with Gasteiger partial charge >= 0.3 is 0 Å². The number of nitrogens with one attached hydrogen (secondary N) is 1. The van der Waals surface area contributed by atoms with Crippen molar-refractivity contribution in [1.29, 1.82) is 0 Å². The lowest BCUT2D eigenvalue weighted by Gasteiger charge is -2.29. The Morgan fingerprint density at radius 3 is 2.58 bits per heavy atom. The molecule has 2 aromatic carbocycles. The monoisotopic (exact) mass is 458 g/mol. The first kappa shape index (κ1) is 21.7. The topological polar surface area (TPSA) is 74.2 Å². The highest BCUT2D eigenvalue weighted by atomic mass is 35.5. The van der Waals surface area contributed by atoms with Crippen LogP contribution in [0, 0.1) is 0 Å². The van der Waals surface area contributed by atoms with E-state index < -0.39 is 5.25 Å². The van der Waals surface area contributed by atoms with E-state index in [0.717, 1.165) is 37.7 Å². The van der Waals surface area contributed by atoms with Gasteiger partial charge in [0.25, 0.3) is 5.91 Å². The lowest BCUT2D eigenvalue weighted by Crippen LogP contribution is -2.36. The Bertz CT molecular complexity index is 993. The number of carbonyl (C=O) groups excluding carboxylic acids is 2. The number of para-hydroxylation sites is 1. The van der Waals surface area contributed by atoms with E-state index in [1.165, 1.54) is 16.7 Å². The van der Waals surface area contributed by atoms with Gasteiger partial charge in [-0.2, -0.15) is 0 Å². The summed E-state index contributed by atoms with van der Waals surface area (Å²) in [6.07, 6.45) is 0. The zero-order chi connectivity index (χ0) is 21.8. The van der Waals surface area contributed by atoms with Gasteiger partial charge in [0.15, 0.2) is 5.17 Å². The highest BCUT2D eigenvalue weighted by Crippen LogP contribution is 2.32. The fourth-order valence-electron chi connectivity index (χ4n) is 3.38. The normalized spacial score (nSPS) is 17.5. The first-order valence-corrected chi connectivity index (χ1v) is 11.3. The van der Waals surface area contributed by atoms with Crippen molar-refractivity contribution in [2.24, 2.45) is 4.99 Å². The van der Waals surface area contributed by atoms with E-state index in [4.69, 9.17) is 16.3 Å². The molecule has 2 heterocycles. The number of hydrogen-bond donors (Lipinski definition) is 1. The van der Waals surface area contributed by atoms with Gasteiger partial charge < -0.3 is 15.0 Å². The van der Waals surface area contributed by atoms with Gasteiger partial charge in [-0.05, 0) is 43.3 Å². The Labute approximate surface area is 190 Å². The van der Waals surface area contributed by atoms with Gasteiger partial charge in [-0.1, -0.05) is 35.5 Å². The van der Waals surface area contributed by atoms with Crippen molar-refractivity contribution in [1.82, 2.24) is 0 Å². The van der Waals surface area contributed by atoms with E-state index in [9.17, 15) is 9.59 Å². The minimum Gasteiger partial charge on any atom is -0.378 e. The second-order valence-corrected chi connectivity index (χ2v) is 8.89. The van der Waals surface area contributed by atoms with E-state index in [1.807, 2.05) is 30.3 Å². The predicted molar refractivity (Wildman–Crippen MR) is 126 cm³/mol. The van der Waals surface area contributed by atoms with Crippen LogP contribution < -0.4 is 15.1 Å². The van der Waals surface area contributed by atoms with Gasteiger partial charge in [0.05, 0.1) is 29.2 Å². The number of amides is 2. The van der Waals surface area contributed by atoms with Crippen LogP contribution in [0.25, 0.3) is 0 Å². The summed E-state index contributed by atoms with van der Waals surface area (Å²) in [4.78, 5) is 33.2. The van der Waals surface area contributed by atoms with Gasteiger partial charge in [-0.15, -0.1) is 0 Å². The fourth-order valence-corrected chi connectivity index (χ4v) is 4.52. The van der Waals surface area contributed by atoms with Gasteiger partial charge in [0.2, 0.25) is 5.91 Å². The summed E-state index contributed by atoms with van der Waals surface area (Å²) >= 11 is 7.50. The van der Waals surface area contributed by atoms with Crippen LogP contribution in [0.4, 0.5) is 17.1 Å². The minimum atomic E-state index is -0.450. The number of morpholine rings is 1. The second-order valence-electron chi connectivity index (χ2n) is 7.17. The van der Waals surface area contributed by atoms with E-state index in [-0.39, 0.29) is 18.4 Å². The first-order valence-electron chi connectivity index (χ1n) is 10.0. The third-order valence-corrected chi connectivity index (χ3v) is 6.46. The number of amidine groups is 1. The Morgan fingerprint density at radius 2 is 1.87 bits per heavy atom. The molecule has 1 unspecified atom stereocenters. The molecule has 0 aliphatic carbocycles. The SMILES string of the molecule is CC(SC1=NCC(=O)N1c1ccccc1Cl)C(=O)Nc1ccc(N2CCOCC2)cc1. The van der Waals surface area contributed by atoms with E-state index in [0.29, 0.717) is 15.9 Å². The molecule has 7 nitrogen and oxygen atoms in total. The van der Waals surface area contributed by atoms with Gasteiger partial charge in [0.1, 0.15) is 6.54 Å². The van der Waals surface area contributed by atoms with Crippen molar-refractivity contribution in [3.63, 3.8) is 0 Å². The molecule has 0 aromatic heterocycles. The number of aliphatic imine (C=N–C) groups is 1. The van der Waals surface area contributed by atoms with Crippen LogP contribution >= 0.6 is 23.4 Å². The lowest BCUT2D eigenvalue weighted by molar-refractivity contribution is -0.116. The van der Waals surface area contributed by atoms with Crippen LogP contribution in [-0.2, 0) is 14.3 Å². The number of benzene rings is 2. The maximum atomic E-state index is 12.7. The maximum Gasteiger partial charge on any atom is 0.254 e. The average Bonchev–Trinajstić information content (AvgIpc) is 3.15. The van der Waals surface area contributed by atoms with Crippen LogP contribution in [0.15, 0.2) is 53.5 Å². The highest BCUT2D eigenvalue weighted by Gasteiger charge is 2.31. The molecule has 0 radical (unpaired) electrons. The molecule has 0 bridgehead atoms. The van der Waals surface area contributed by atoms with E-state index >= 15 is 0 Å². The molecular weight excluding hydrogens is 436 g/mol. The van der Waals surface area contributed by atoms with Crippen molar-refractivity contribution < 1.29 is 14.3 Å². The van der Waals surface area contributed by atoms with Gasteiger partial charge in [-0.25, -0.2) is 0 Å². The molecule has 1 saturated heterocycles. The summed E-state index contributed by atoms with van der Waals surface area (Å²) in [5.74, 6) is -0.327. The molecule has 31 heavy (non-hydrogen) atoms. The Hall–Kier alpha value is -2.55. The molecule has 4 rings (SSSR count). The Morgan fingerprint density at radius 1 is 1.16 bits per heavy atom. The largest absolute Gasteiger partial charge is 0.378 e. The van der Waals surface area contributed by atoms with Crippen LogP contribution in [0.2, 0.25) is 5.02 Å². The van der Waals surface area contributed by atoms with E-state index in [1.54, 1.807) is 25.1 Å². The smallest absolute Gasteiger partial charge is 0.254 e. The minimum absolute atomic E-state index is 0.0465. The third kappa shape index (κ3) is 5.03. The molecule has 2 amide bonds. The zero-order valence-corrected chi connectivity index (χ0v) is 18.7. The summed E-state index contributed by atoms with van der Waals surface area (Å²) in [6, 6.07) is 14.9. The van der Waals surface area contributed by atoms with Gasteiger partial charge in [-0.3, -0.25) is 19.5 Å². The number of ether oxygens (including phenoxy) is 1. The number of nitrogens with zero attached hydrogens (tertiary/aromatic N) is 3. The average molecular weight is 459 g/mol. The van der Waals surface area contributed by atoms with Crippen molar-refractivity contribution in [3.8, 4) is 0 Å². The van der Waals surface area contributed by atoms with Crippen LogP contribution in [0.5, 0.6) is 0 Å². The maximum absolute atomic E-state index is 12.7. The lowest BCUT2D eigenvalue weighted by atomic mass is 10.2.